The Labute approximate surface area is 103 Å². The van der Waals surface area contributed by atoms with Crippen molar-refractivity contribution in [3.05, 3.63) is 29.8 Å². The van der Waals surface area contributed by atoms with Gasteiger partial charge in [0.05, 0.1) is 6.10 Å². The third-order valence-electron chi connectivity index (χ3n) is 4.35. The van der Waals surface area contributed by atoms with Gasteiger partial charge in [-0.05, 0) is 49.8 Å². The van der Waals surface area contributed by atoms with E-state index in [0.717, 1.165) is 19.3 Å². The number of aryl methyl sites for hydroxylation is 1. The average molecular weight is 231 g/mol. The topological polar surface area (TPSA) is 23.5 Å². The number of rotatable bonds is 2. The molecule has 17 heavy (non-hydrogen) atoms. The van der Waals surface area contributed by atoms with E-state index in [2.05, 4.69) is 36.1 Å². The van der Waals surface area contributed by atoms with Crippen LogP contribution >= 0.6 is 0 Å². The zero-order valence-corrected chi connectivity index (χ0v) is 10.5. The summed E-state index contributed by atoms with van der Waals surface area (Å²) in [5, 5.41) is 9.81. The van der Waals surface area contributed by atoms with Gasteiger partial charge < -0.3 is 10.0 Å². The second kappa shape index (κ2) is 4.34. The number of fused-ring (bicyclic) bond motifs is 2. The third-order valence-corrected chi connectivity index (χ3v) is 4.35. The smallest absolute Gasteiger partial charge is 0.0579 e. The summed E-state index contributed by atoms with van der Waals surface area (Å²) in [5.74, 6) is 0. The summed E-state index contributed by atoms with van der Waals surface area (Å²) in [7, 11) is 0. The fourth-order valence-electron chi connectivity index (χ4n) is 3.47. The number of hydrogen-bond donors (Lipinski definition) is 1. The number of aliphatic hydroxyl groups is 1. The van der Waals surface area contributed by atoms with Crippen LogP contribution in [0.2, 0.25) is 0 Å². The van der Waals surface area contributed by atoms with Crippen molar-refractivity contribution >= 4 is 5.69 Å². The van der Waals surface area contributed by atoms with E-state index < -0.39 is 0 Å². The predicted molar refractivity (Wildman–Crippen MR) is 70.3 cm³/mol. The largest absolute Gasteiger partial charge is 0.393 e. The van der Waals surface area contributed by atoms with Gasteiger partial charge in [-0.3, -0.25) is 0 Å². The van der Waals surface area contributed by atoms with Gasteiger partial charge in [0.1, 0.15) is 0 Å². The number of anilines is 1. The van der Waals surface area contributed by atoms with Crippen molar-refractivity contribution in [3.63, 3.8) is 0 Å². The van der Waals surface area contributed by atoms with Gasteiger partial charge in [0.15, 0.2) is 0 Å². The number of benzene rings is 1. The molecule has 2 nitrogen and oxygen atoms in total. The Kier molecular flexibility index (Phi) is 2.83. The number of piperidine rings is 1. The van der Waals surface area contributed by atoms with Crippen LogP contribution in [0, 0.1) is 0 Å². The van der Waals surface area contributed by atoms with E-state index in [0.29, 0.717) is 12.1 Å². The van der Waals surface area contributed by atoms with Crippen LogP contribution in [-0.2, 0) is 6.42 Å². The molecular formula is C15H21NO. The van der Waals surface area contributed by atoms with Crippen molar-refractivity contribution in [2.45, 2.75) is 57.2 Å². The molecule has 2 saturated heterocycles. The molecule has 2 aliphatic heterocycles. The first-order chi connectivity index (χ1) is 8.28. The second-order valence-corrected chi connectivity index (χ2v) is 5.44. The van der Waals surface area contributed by atoms with E-state index >= 15 is 0 Å². The van der Waals surface area contributed by atoms with Crippen molar-refractivity contribution in [2.75, 3.05) is 4.90 Å². The van der Waals surface area contributed by atoms with E-state index in [9.17, 15) is 5.11 Å². The van der Waals surface area contributed by atoms with Crippen molar-refractivity contribution in [2.24, 2.45) is 0 Å². The Hall–Kier alpha value is -1.02. The van der Waals surface area contributed by atoms with Crippen molar-refractivity contribution in [1.82, 2.24) is 0 Å². The summed E-state index contributed by atoms with van der Waals surface area (Å²) in [4.78, 5) is 2.55. The van der Waals surface area contributed by atoms with Crippen LogP contribution in [0.3, 0.4) is 0 Å². The Bertz CT molecular complexity index is 372. The molecule has 2 fully saturated rings. The Morgan fingerprint density at radius 2 is 1.71 bits per heavy atom. The molecule has 0 spiro atoms. The molecule has 2 heterocycles. The molecular weight excluding hydrogens is 210 g/mol. The lowest BCUT2D eigenvalue weighted by Gasteiger charge is -2.39. The molecule has 0 saturated carbocycles. The second-order valence-electron chi connectivity index (χ2n) is 5.44. The van der Waals surface area contributed by atoms with E-state index in [4.69, 9.17) is 0 Å². The summed E-state index contributed by atoms with van der Waals surface area (Å²) in [6.07, 6.45) is 5.43. The summed E-state index contributed by atoms with van der Waals surface area (Å²) in [6, 6.07) is 10.1. The summed E-state index contributed by atoms with van der Waals surface area (Å²) < 4.78 is 0. The van der Waals surface area contributed by atoms with E-state index in [-0.39, 0.29) is 6.10 Å². The van der Waals surface area contributed by atoms with Gasteiger partial charge in [0, 0.05) is 17.8 Å². The lowest BCUT2D eigenvalue weighted by molar-refractivity contribution is 0.126. The lowest BCUT2D eigenvalue weighted by atomic mass is 9.98. The number of hydrogen-bond acceptors (Lipinski definition) is 2. The minimum Gasteiger partial charge on any atom is -0.393 e. The molecule has 1 aromatic rings. The van der Waals surface area contributed by atoms with Crippen LogP contribution in [-0.4, -0.2) is 23.3 Å². The van der Waals surface area contributed by atoms with Crippen molar-refractivity contribution in [3.8, 4) is 0 Å². The highest BCUT2D eigenvalue weighted by atomic mass is 16.3. The fourth-order valence-corrected chi connectivity index (χ4v) is 3.47. The van der Waals surface area contributed by atoms with Crippen molar-refractivity contribution < 1.29 is 5.11 Å². The summed E-state index contributed by atoms with van der Waals surface area (Å²) in [5.41, 5.74) is 2.75. The van der Waals surface area contributed by atoms with Gasteiger partial charge in [-0.15, -0.1) is 0 Å². The maximum absolute atomic E-state index is 9.81. The summed E-state index contributed by atoms with van der Waals surface area (Å²) >= 11 is 0. The van der Waals surface area contributed by atoms with Crippen LogP contribution in [0.1, 0.15) is 38.2 Å². The Balaban J connectivity index is 1.84. The van der Waals surface area contributed by atoms with Gasteiger partial charge in [0.25, 0.3) is 0 Å². The zero-order chi connectivity index (χ0) is 11.8. The van der Waals surface area contributed by atoms with Crippen LogP contribution in [0.15, 0.2) is 24.3 Å². The molecule has 2 atom stereocenters. The lowest BCUT2D eigenvalue weighted by Crippen LogP contribution is -2.44. The molecule has 0 aliphatic carbocycles. The summed E-state index contributed by atoms with van der Waals surface area (Å²) in [6.45, 7) is 2.19. The molecule has 0 aromatic heterocycles. The van der Waals surface area contributed by atoms with Gasteiger partial charge in [0.2, 0.25) is 0 Å². The first kappa shape index (κ1) is 11.1. The fraction of sp³-hybridized carbons (Fsp3) is 0.600. The Morgan fingerprint density at radius 3 is 2.24 bits per heavy atom. The van der Waals surface area contributed by atoms with Crippen molar-refractivity contribution in [1.29, 1.82) is 0 Å². The van der Waals surface area contributed by atoms with Crippen LogP contribution in [0.5, 0.6) is 0 Å². The molecule has 1 aromatic carbocycles. The molecule has 3 rings (SSSR count). The van der Waals surface area contributed by atoms with Gasteiger partial charge in [-0.1, -0.05) is 19.1 Å². The van der Waals surface area contributed by atoms with E-state index in [1.807, 2.05) is 0 Å². The maximum atomic E-state index is 9.81. The monoisotopic (exact) mass is 231 g/mol. The number of aliphatic hydroxyl groups excluding tert-OH is 1. The highest BCUT2D eigenvalue weighted by Gasteiger charge is 2.39. The highest BCUT2D eigenvalue weighted by Crippen LogP contribution is 2.39. The first-order valence-corrected chi connectivity index (χ1v) is 6.83. The van der Waals surface area contributed by atoms with Crippen LogP contribution < -0.4 is 4.90 Å². The Morgan fingerprint density at radius 1 is 1.12 bits per heavy atom. The third kappa shape index (κ3) is 1.95. The van der Waals surface area contributed by atoms with E-state index in [1.165, 1.54) is 24.1 Å². The molecule has 2 bridgehead atoms. The van der Waals surface area contributed by atoms with Gasteiger partial charge in [-0.25, -0.2) is 0 Å². The molecule has 2 heteroatoms. The van der Waals surface area contributed by atoms with Crippen LogP contribution in [0.25, 0.3) is 0 Å². The normalized spacial score (nSPS) is 31.9. The van der Waals surface area contributed by atoms with Crippen LogP contribution in [0.4, 0.5) is 5.69 Å². The first-order valence-electron chi connectivity index (χ1n) is 6.83. The molecule has 1 N–H and O–H groups in total. The minimum atomic E-state index is -0.0707. The highest BCUT2D eigenvalue weighted by molar-refractivity contribution is 5.51. The minimum absolute atomic E-state index is 0.0707. The quantitative estimate of drug-likeness (QED) is 0.846. The molecule has 0 radical (unpaired) electrons. The van der Waals surface area contributed by atoms with Gasteiger partial charge in [-0.2, -0.15) is 0 Å². The standard InChI is InChI=1S/C15H21NO/c1-2-11-3-5-12(6-4-11)16-13-7-8-14(16)10-15(17)9-13/h3-6,13-15,17H,2,7-10H2,1H3. The predicted octanol–water partition coefficient (Wildman–Crippen LogP) is 2.74. The molecule has 92 valence electrons. The van der Waals surface area contributed by atoms with Gasteiger partial charge >= 0.3 is 0 Å². The SMILES string of the molecule is CCc1ccc(N2C3CCC2CC(O)C3)cc1. The number of nitrogens with zero attached hydrogens (tertiary/aromatic N) is 1. The molecule has 2 aliphatic rings. The van der Waals surface area contributed by atoms with E-state index in [1.54, 1.807) is 0 Å². The average Bonchev–Trinajstić information content (AvgIpc) is 2.62. The molecule has 2 unspecified atom stereocenters. The molecule has 0 amide bonds. The zero-order valence-electron chi connectivity index (χ0n) is 10.5. The maximum Gasteiger partial charge on any atom is 0.0579 e.